The first-order valence-corrected chi connectivity index (χ1v) is 37.5. The van der Waals surface area contributed by atoms with Gasteiger partial charge in [0.05, 0.1) is 24.2 Å². The Morgan fingerprint density at radius 1 is 0.420 bits per heavy atom. The largest absolute Gasteiger partial charge is 0.356 e. The Labute approximate surface area is 613 Å². The Bertz CT molecular complexity index is 2280. The van der Waals surface area contributed by atoms with Gasteiger partial charge in [0.2, 0.25) is 11.8 Å². The Morgan fingerprint density at radius 2 is 0.760 bits per heavy atom. The average Bonchev–Trinajstić information content (AvgIpc) is 0.858. The minimum Gasteiger partial charge on any atom is -0.356 e. The highest BCUT2D eigenvalue weighted by Crippen LogP contribution is 2.29. The first-order chi connectivity index (χ1) is 45.2. The van der Waals surface area contributed by atoms with E-state index in [1.54, 1.807) is 6.92 Å². The van der Waals surface area contributed by atoms with Gasteiger partial charge in [-0.3, -0.25) is 43.2 Å². The van der Waals surface area contributed by atoms with Crippen LogP contribution in [0.25, 0.3) is 0 Å². The summed E-state index contributed by atoms with van der Waals surface area (Å²) in [5, 5.41) is 8.06. The molecule has 4 amide bonds. The third kappa shape index (κ3) is 65.0. The summed E-state index contributed by atoms with van der Waals surface area (Å²) in [4.78, 5) is 120. The summed E-state index contributed by atoms with van der Waals surface area (Å²) in [6.07, 6.45) is 5.96. The van der Waals surface area contributed by atoms with Crippen LogP contribution in [-0.4, -0.2) is 102 Å². The molecule has 8 atom stereocenters. The molecule has 588 valence electrons. The molecule has 0 spiro atoms. The van der Waals surface area contributed by atoms with E-state index in [0.717, 1.165) is 42.1 Å². The first kappa shape index (κ1) is 108. The molecule has 1 aromatic rings. The minimum absolute atomic E-state index is 0.00381. The third-order valence-electron chi connectivity index (χ3n) is 14.6. The lowest BCUT2D eigenvalue weighted by molar-refractivity contribution is -0.134. The van der Waals surface area contributed by atoms with Crippen molar-refractivity contribution in [2.75, 3.05) is 19.6 Å². The number of nitrogens with two attached hydrogens (primary N) is 5. The van der Waals surface area contributed by atoms with Gasteiger partial charge < -0.3 is 44.6 Å². The fourth-order valence-electron chi connectivity index (χ4n) is 8.71. The first-order valence-electron chi connectivity index (χ1n) is 37.5. The summed E-state index contributed by atoms with van der Waals surface area (Å²) in [5.41, 5.74) is 27.5. The zero-order chi connectivity index (χ0) is 80.6. The van der Waals surface area contributed by atoms with E-state index in [1.807, 2.05) is 162 Å². The second-order valence-corrected chi connectivity index (χ2v) is 35.0. The number of primary amides is 1. The van der Waals surface area contributed by atoms with Crippen molar-refractivity contribution in [2.24, 2.45) is 115 Å². The summed E-state index contributed by atoms with van der Waals surface area (Å²) < 4.78 is 0. The molecule has 0 aliphatic heterocycles. The number of amides is 4. The number of carbonyl (C=O) groups excluding carboxylic acids is 10. The number of carbonyl (C=O) groups is 10. The molecular formula is C82H160N8O10. The van der Waals surface area contributed by atoms with Gasteiger partial charge in [-0.2, -0.15) is 0 Å². The number of benzene rings is 1. The normalized spacial score (nSPS) is 13.8. The quantitative estimate of drug-likeness (QED) is 0.0311. The van der Waals surface area contributed by atoms with Crippen LogP contribution in [0, 0.1) is 86.8 Å². The number of unbranched alkanes of at least 4 members (excludes halogenated alkanes) is 1. The van der Waals surface area contributed by atoms with Crippen LogP contribution < -0.4 is 44.6 Å². The lowest BCUT2D eigenvalue weighted by Gasteiger charge is -2.27. The van der Waals surface area contributed by atoms with Gasteiger partial charge in [0, 0.05) is 84.6 Å². The molecule has 0 fully saturated rings. The van der Waals surface area contributed by atoms with Crippen molar-refractivity contribution in [1.29, 1.82) is 0 Å². The zero-order valence-corrected chi connectivity index (χ0v) is 70.4. The molecule has 0 aromatic heterocycles. The molecule has 18 heteroatoms. The highest BCUT2D eigenvalue weighted by molar-refractivity contribution is 5.95. The van der Waals surface area contributed by atoms with Crippen LogP contribution in [-0.2, 0) is 49.6 Å². The summed E-state index contributed by atoms with van der Waals surface area (Å²) in [5.74, 6) is 2.80. The SMILES string of the molecule is CC(=O)NCCCC(CC(=O)C(N)C(C)C)C(=O)C(C)(C)C.CC(C)(C)C(=O)C(CCCCN)CC(=O)C(N)Cc1ccccc1.CC(C)C.CC(C)C.CC(C)C.CC(C)C.CC(C)C(C)C(=O)NC(CCCNC(N)=O)C(=O)C(C)(C)C.CC(CC(=O)C(N)C(C)C)C(=O)C(C)(C)C. The molecule has 1 aromatic carbocycles. The third-order valence-corrected chi connectivity index (χ3v) is 14.6. The topological polar surface area (TPSA) is 337 Å². The van der Waals surface area contributed by atoms with E-state index >= 15 is 0 Å². The summed E-state index contributed by atoms with van der Waals surface area (Å²) in [6, 6.07) is 7.08. The van der Waals surface area contributed by atoms with E-state index in [4.69, 9.17) is 28.7 Å². The van der Waals surface area contributed by atoms with E-state index in [2.05, 4.69) is 99.0 Å². The van der Waals surface area contributed by atoms with Crippen LogP contribution in [0.15, 0.2) is 30.3 Å². The smallest absolute Gasteiger partial charge is 0.312 e. The summed E-state index contributed by atoms with van der Waals surface area (Å²) in [7, 11) is 0. The van der Waals surface area contributed by atoms with Crippen LogP contribution in [0.1, 0.15) is 298 Å². The molecule has 0 aliphatic rings. The Balaban J connectivity index is -0.000000215. The van der Waals surface area contributed by atoms with Crippen molar-refractivity contribution >= 4 is 58.3 Å². The van der Waals surface area contributed by atoms with Crippen molar-refractivity contribution < 1.29 is 47.9 Å². The van der Waals surface area contributed by atoms with Gasteiger partial charge in [-0.15, -0.1) is 0 Å². The molecule has 0 saturated carbocycles. The van der Waals surface area contributed by atoms with E-state index in [9.17, 15) is 47.9 Å². The maximum Gasteiger partial charge on any atom is 0.312 e. The second kappa shape index (κ2) is 57.4. The standard InChI is InChI=1S/C20H32N2O2.C17H32N2O3.C16H31N3O3.C13H25NO2.4C4H10/c1-20(2,3)19(24)16(11-7-8-12-21)14-18(23)17(22)13-15-9-5-4-6-10-15;1-11(2)15(18)14(21)10-13(16(22)17(4,5)6)8-7-9-19-12(3)20;1-10(2)11(3)14(21)19-12(13(20)16(4,5)6)8-7-9-18-15(17)22;1-8(2)11(14)10(15)7-9(3)12(16)13(4,5)6;4*1-4(2)3/h4-6,9-10,16-17H,7-8,11-14,21-22H2,1-3H3;11,13,15H,7-10,18H2,1-6H3,(H,19,20);10-12H,7-9H2,1-6H3,(H,19,21)(H3,17,18,22);8-9,11H,7,14H2,1-6H3;4*4H,1-3H3. The molecule has 0 heterocycles. The Hall–Kier alpha value is -5.04. The highest BCUT2D eigenvalue weighted by Gasteiger charge is 2.35. The van der Waals surface area contributed by atoms with Gasteiger partial charge in [-0.1, -0.05) is 258 Å². The van der Waals surface area contributed by atoms with Gasteiger partial charge >= 0.3 is 6.03 Å². The van der Waals surface area contributed by atoms with Crippen molar-refractivity contribution in [3.05, 3.63) is 35.9 Å². The minimum atomic E-state index is -0.587. The monoisotopic (exact) mass is 1420 g/mol. The second-order valence-electron chi connectivity index (χ2n) is 35.0. The van der Waals surface area contributed by atoms with Crippen molar-refractivity contribution in [3.8, 4) is 0 Å². The van der Waals surface area contributed by atoms with Gasteiger partial charge in [0.1, 0.15) is 23.1 Å². The van der Waals surface area contributed by atoms with E-state index in [1.165, 1.54) is 6.92 Å². The molecule has 0 saturated heterocycles. The van der Waals surface area contributed by atoms with Gasteiger partial charge in [-0.25, -0.2) is 4.79 Å². The van der Waals surface area contributed by atoms with Crippen LogP contribution in [0.4, 0.5) is 4.79 Å². The van der Waals surface area contributed by atoms with Gasteiger partial charge in [0.15, 0.2) is 17.3 Å². The highest BCUT2D eigenvalue weighted by atomic mass is 16.2. The molecular weight excluding hydrogens is 1260 g/mol. The van der Waals surface area contributed by atoms with Crippen molar-refractivity contribution in [2.45, 2.75) is 323 Å². The molecule has 0 radical (unpaired) electrons. The van der Waals surface area contributed by atoms with Crippen molar-refractivity contribution in [3.63, 3.8) is 0 Å². The van der Waals surface area contributed by atoms with Crippen LogP contribution in [0.3, 0.4) is 0 Å². The lowest BCUT2D eigenvalue weighted by atomic mass is 9.78. The van der Waals surface area contributed by atoms with Crippen molar-refractivity contribution in [1.82, 2.24) is 16.0 Å². The van der Waals surface area contributed by atoms with E-state index < -0.39 is 46.4 Å². The Kier molecular flexibility index (Phi) is 62.2. The van der Waals surface area contributed by atoms with Crippen LogP contribution in [0.5, 0.6) is 0 Å². The maximum absolute atomic E-state index is 12.7. The number of hydrogen-bond donors (Lipinski definition) is 8. The molecule has 13 N–H and O–H groups in total. The summed E-state index contributed by atoms with van der Waals surface area (Å²) in [6.45, 7) is 66.6. The van der Waals surface area contributed by atoms with E-state index in [-0.39, 0.29) is 118 Å². The molecule has 1 rings (SSSR count). The Morgan fingerprint density at radius 3 is 1.09 bits per heavy atom. The number of urea groups is 1. The number of hydrogen-bond acceptors (Lipinski definition) is 14. The van der Waals surface area contributed by atoms with Gasteiger partial charge in [0.25, 0.3) is 0 Å². The van der Waals surface area contributed by atoms with Crippen LogP contribution >= 0.6 is 0 Å². The number of nitrogens with one attached hydrogen (secondary N) is 3. The molecule has 8 unspecified atom stereocenters. The molecule has 100 heavy (non-hydrogen) atoms. The zero-order valence-electron chi connectivity index (χ0n) is 70.4. The molecule has 18 nitrogen and oxygen atoms in total. The molecule has 0 aliphatic carbocycles. The predicted octanol–water partition coefficient (Wildman–Crippen LogP) is 15.6. The van der Waals surface area contributed by atoms with Crippen LogP contribution in [0.2, 0.25) is 0 Å². The fourth-order valence-corrected chi connectivity index (χ4v) is 8.71. The maximum atomic E-state index is 12.7. The predicted molar refractivity (Wildman–Crippen MR) is 422 cm³/mol. The molecule has 0 bridgehead atoms. The number of rotatable bonds is 32. The number of Topliss-reactive ketones (excluding diaryl/α,β-unsaturated/α-hetero) is 7. The van der Waals surface area contributed by atoms with Gasteiger partial charge in [-0.05, 0) is 98.5 Å². The number of ketones is 7. The average molecular weight is 1420 g/mol. The summed E-state index contributed by atoms with van der Waals surface area (Å²) >= 11 is 0. The van der Waals surface area contributed by atoms with E-state index in [0.29, 0.717) is 58.2 Å². The lowest BCUT2D eigenvalue weighted by Crippen LogP contribution is -2.48. The fraction of sp³-hybridized carbons (Fsp3) is 0.805.